The number of phenols is 1. The van der Waals surface area contributed by atoms with E-state index in [1.165, 1.54) is 10.9 Å². The van der Waals surface area contributed by atoms with Crippen molar-refractivity contribution >= 4 is 28.1 Å². The van der Waals surface area contributed by atoms with E-state index in [0.717, 1.165) is 10.9 Å². The van der Waals surface area contributed by atoms with Crippen molar-refractivity contribution in [1.82, 2.24) is 20.0 Å². The molecule has 0 saturated heterocycles. The fraction of sp³-hybridized carbons (Fsp3) is 0.192. The summed E-state index contributed by atoms with van der Waals surface area (Å²) >= 11 is 0. The zero-order valence-corrected chi connectivity index (χ0v) is 19.6. The standard InChI is InChI=1S/C26H26N6O3/c1-14-7-6-8-17-11-18(32(26(35)21(14)17)19-9-4-5-10-20(19)34)12-31-25-22(24(27)28-13-29-25)23(30-31)15(2)16(3)33/h4-11,13,16,30,33-34H,12H2,1-3H3,(H2,27,28,29). The van der Waals surface area contributed by atoms with Crippen LogP contribution < -0.4 is 21.7 Å². The quantitative estimate of drug-likeness (QED) is 0.358. The number of hydrogen-bond acceptors (Lipinski definition) is 8. The summed E-state index contributed by atoms with van der Waals surface area (Å²) in [7, 11) is 0. The number of para-hydroxylation sites is 2. The fourth-order valence-corrected chi connectivity index (χ4v) is 4.47. The van der Waals surface area contributed by atoms with Gasteiger partial charge in [-0.25, -0.2) is 9.97 Å². The average Bonchev–Trinajstić information content (AvgIpc) is 3.19. The molecule has 0 aliphatic carbocycles. The first-order valence-corrected chi connectivity index (χ1v) is 11.2. The predicted molar refractivity (Wildman–Crippen MR) is 136 cm³/mol. The number of aliphatic hydroxyl groups excluding tert-OH is 1. The Bertz CT molecular complexity index is 1560. The summed E-state index contributed by atoms with van der Waals surface area (Å²) in [6, 6.07) is 14.4. The van der Waals surface area contributed by atoms with Crippen LogP contribution in [-0.2, 0) is 6.54 Å². The molecule has 0 saturated carbocycles. The lowest BCUT2D eigenvalue weighted by atomic mass is 10.1. The van der Waals surface area contributed by atoms with Crippen molar-refractivity contribution in [3.63, 3.8) is 0 Å². The highest BCUT2D eigenvalue weighted by Crippen LogP contribution is 2.37. The second-order valence-corrected chi connectivity index (χ2v) is 8.69. The summed E-state index contributed by atoms with van der Waals surface area (Å²) in [5.41, 5.74) is 13.0. The minimum atomic E-state index is -0.715. The Morgan fingerprint density at radius 3 is 2.69 bits per heavy atom. The third-order valence-electron chi connectivity index (χ3n) is 6.40. The van der Waals surface area contributed by atoms with Crippen LogP contribution >= 0.6 is 0 Å². The van der Waals surface area contributed by atoms with Crippen LogP contribution in [0.15, 0.2) is 65.2 Å². The molecule has 0 amide bonds. The first-order valence-electron chi connectivity index (χ1n) is 11.2. The minimum absolute atomic E-state index is 0.00401. The van der Waals surface area contributed by atoms with Crippen molar-refractivity contribution in [2.75, 3.05) is 10.7 Å². The number of fused-ring (bicyclic) bond motifs is 2. The molecule has 1 aliphatic rings. The monoisotopic (exact) mass is 470 g/mol. The van der Waals surface area contributed by atoms with Crippen LogP contribution in [0.3, 0.4) is 0 Å². The Morgan fingerprint density at radius 2 is 1.94 bits per heavy atom. The molecule has 9 nitrogen and oxygen atoms in total. The highest BCUT2D eigenvalue weighted by Gasteiger charge is 2.31. The van der Waals surface area contributed by atoms with Gasteiger partial charge in [-0.15, -0.1) is 0 Å². The van der Waals surface area contributed by atoms with Crippen LogP contribution in [0.25, 0.3) is 22.2 Å². The largest absolute Gasteiger partial charge is 0.506 e. The fourth-order valence-electron chi connectivity index (χ4n) is 4.47. The van der Waals surface area contributed by atoms with E-state index in [9.17, 15) is 15.0 Å². The van der Waals surface area contributed by atoms with E-state index in [1.54, 1.807) is 36.2 Å². The van der Waals surface area contributed by atoms with Gasteiger partial charge in [0.05, 0.1) is 35.0 Å². The van der Waals surface area contributed by atoms with Crippen LogP contribution in [0, 0.1) is 6.92 Å². The zero-order valence-electron chi connectivity index (χ0n) is 19.6. The van der Waals surface area contributed by atoms with E-state index in [2.05, 4.69) is 15.4 Å². The molecule has 5 N–H and O–H groups in total. The number of anilines is 2. The maximum absolute atomic E-state index is 13.8. The van der Waals surface area contributed by atoms with E-state index < -0.39 is 6.10 Å². The molecule has 2 aromatic heterocycles. The molecule has 0 fully saturated rings. The number of nitrogens with two attached hydrogens (primary N) is 1. The molecular weight excluding hydrogens is 444 g/mol. The van der Waals surface area contributed by atoms with E-state index >= 15 is 0 Å². The van der Waals surface area contributed by atoms with Gasteiger partial charge in [0.1, 0.15) is 17.9 Å². The lowest BCUT2D eigenvalue weighted by Crippen LogP contribution is -2.35. The normalized spacial score (nSPS) is 15.1. The van der Waals surface area contributed by atoms with Crippen molar-refractivity contribution in [2.45, 2.75) is 33.4 Å². The number of hydrogen-bond donors (Lipinski definition) is 4. The predicted octanol–water partition coefficient (Wildman–Crippen LogP) is 3.01. The molecule has 5 rings (SSSR count). The molecule has 3 heterocycles. The van der Waals surface area contributed by atoms with Crippen LogP contribution in [0.5, 0.6) is 5.75 Å². The van der Waals surface area contributed by atoms with E-state index in [1.807, 2.05) is 38.1 Å². The summed E-state index contributed by atoms with van der Waals surface area (Å²) < 4.78 is 1.53. The molecule has 0 spiro atoms. The zero-order chi connectivity index (χ0) is 24.9. The van der Waals surface area contributed by atoms with Crippen LogP contribution in [0.1, 0.15) is 30.7 Å². The number of nitrogen functional groups attached to an aromatic ring is 1. The Balaban J connectivity index is 1.73. The molecular formula is C26H26N6O3. The van der Waals surface area contributed by atoms with Crippen molar-refractivity contribution in [2.24, 2.45) is 0 Å². The van der Waals surface area contributed by atoms with Crippen molar-refractivity contribution in [3.8, 4) is 11.4 Å². The number of hydrazine groups is 1. The Labute approximate surface area is 201 Å². The van der Waals surface area contributed by atoms with Gasteiger partial charge in [-0.1, -0.05) is 30.3 Å². The SMILES string of the molecule is CC(=C1NN(Cc2cc3cccc(C)c3c(=O)n2-c2ccccc2O)c2ncnc(N)c21)C(C)O. The van der Waals surface area contributed by atoms with Crippen LogP contribution in [-0.4, -0.2) is 30.9 Å². The van der Waals surface area contributed by atoms with Gasteiger partial charge in [0, 0.05) is 5.69 Å². The van der Waals surface area contributed by atoms with Crippen LogP contribution in [0.4, 0.5) is 11.6 Å². The molecule has 1 aliphatic heterocycles. The highest BCUT2D eigenvalue weighted by molar-refractivity contribution is 5.88. The van der Waals surface area contributed by atoms with Gasteiger partial charge in [0.2, 0.25) is 0 Å². The summed E-state index contributed by atoms with van der Waals surface area (Å²) in [5.74, 6) is 0.816. The lowest BCUT2D eigenvalue weighted by Gasteiger charge is -2.23. The second kappa shape index (κ2) is 8.44. The first kappa shape index (κ1) is 22.4. The number of phenolic OH excluding ortho intramolecular Hbond substituents is 1. The first-order chi connectivity index (χ1) is 16.8. The van der Waals surface area contributed by atoms with Crippen LogP contribution in [0.2, 0.25) is 0 Å². The summed E-state index contributed by atoms with van der Waals surface area (Å²) in [5, 5.41) is 24.0. The summed E-state index contributed by atoms with van der Waals surface area (Å²) in [6.45, 7) is 5.59. The third-order valence-corrected chi connectivity index (χ3v) is 6.40. The average molecular weight is 471 g/mol. The Hall–Kier alpha value is -4.37. The molecule has 1 atom stereocenters. The molecule has 0 bridgehead atoms. The van der Waals surface area contributed by atoms with Crippen molar-refractivity contribution < 1.29 is 10.2 Å². The number of rotatable bonds is 4. The van der Waals surface area contributed by atoms with Gasteiger partial charge in [-0.3, -0.25) is 19.8 Å². The number of nitrogens with one attached hydrogen (secondary N) is 1. The van der Waals surface area contributed by atoms with Crippen molar-refractivity contribution in [1.29, 1.82) is 0 Å². The van der Waals surface area contributed by atoms with E-state index in [0.29, 0.717) is 39.4 Å². The smallest absolute Gasteiger partial charge is 0.263 e. The number of pyridine rings is 1. The van der Waals surface area contributed by atoms with E-state index in [-0.39, 0.29) is 23.7 Å². The second-order valence-electron chi connectivity index (χ2n) is 8.69. The molecule has 178 valence electrons. The number of aromatic hydroxyl groups is 1. The number of benzene rings is 2. The van der Waals surface area contributed by atoms with Gasteiger partial charge in [-0.05, 0) is 55.5 Å². The Morgan fingerprint density at radius 1 is 1.17 bits per heavy atom. The lowest BCUT2D eigenvalue weighted by molar-refractivity contribution is 0.232. The molecule has 4 aromatic rings. The highest BCUT2D eigenvalue weighted by atomic mass is 16.3. The number of aryl methyl sites for hydroxylation is 1. The topological polar surface area (TPSA) is 130 Å². The van der Waals surface area contributed by atoms with Crippen molar-refractivity contribution in [3.05, 3.63) is 87.6 Å². The molecule has 35 heavy (non-hydrogen) atoms. The number of nitrogens with zero attached hydrogens (tertiary/aromatic N) is 4. The van der Waals surface area contributed by atoms with E-state index in [4.69, 9.17) is 5.73 Å². The van der Waals surface area contributed by atoms with Gasteiger partial charge in [0.15, 0.2) is 5.82 Å². The van der Waals surface area contributed by atoms with Gasteiger partial charge < -0.3 is 15.9 Å². The molecule has 0 radical (unpaired) electrons. The molecule has 1 unspecified atom stereocenters. The molecule has 2 aromatic carbocycles. The third kappa shape index (κ3) is 3.66. The Kier molecular flexibility index (Phi) is 5.41. The van der Waals surface area contributed by atoms with Gasteiger partial charge in [-0.2, -0.15) is 0 Å². The molecule has 9 heteroatoms. The minimum Gasteiger partial charge on any atom is -0.506 e. The summed E-state index contributed by atoms with van der Waals surface area (Å²) in [6.07, 6.45) is 0.664. The maximum atomic E-state index is 13.8. The van der Waals surface area contributed by atoms with Gasteiger partial charge >= 0.3 is 0 Å². The maximum Gasteiger partial charge on any atom is 0.263 e. The number of aromatic nitrogens is 3. The summed E-state index contributed by atoms with van der Waals surface area (Å²) in [4.78, 5) is 22.3. The van der Waals surface area contributed by atoms with Gasteiger partial charge in [0.25, 0.3) is 5.56 Å². The number of aliphatic hydroxyl groups is 1.